The molecular weight excluding hydrogens is 368 g/mol. The third-order valence-corrected chi connectivity index (χ3v) is 4.09. The number of aliphatic hydroxyl groups excluding tert-OH is 1. The summed E-state index contributed by atoms with van der Waals surface area (Å²) in [4.78, 5) is 22.9. The molecule has 0 bridgehead atoms. The van der Waals surface area contributed by atoms with Crippen LogP contribution in [0.25, 0.3) is 0 Å². The fourth-order valence-corrected chi connectivity index (χ4v) is 2.61. The van der Waals surface area contributed by atoms with Gasteiger partial charge in [0.1, 0.15) is 6.04 Å². The molecule has 1 atom stereocenters. The van der Waals surface area contributed by atoms with Crippen molar-refractivity contribution < 1.29 is 19.8 Å². The van der Waals surface area contributed by atoms with Crippen LogP contribution in [0, 0.1) is 0 Å². The molecule has 1 amide bonds. The maximum atomic E-state index is 11.8. The first kappa shape index (κ1) is 30.9. The number of carbonyl (C=O) groups excluding carboxylic acids is 1. The van der Waals surface area contributed by atoms with Crippen molar-refractivity contribution in [1.82, 2.24) is 5.32 Å². The van der Waals surface area contributed by atoms with Crippen molar-refractivity contribution in [3.63, 3.8) is 0 Å². The van der Waals surface area contributed by atoms with E-state index in [0.29, 0.717) is 19.4 Å². The van der Waals surface area contributed by atoms with Gasteiger partial charge in [-0.05, 0) is 39.2 Å². The van der Waals surface area contributed by atoms with Gasteiger partial charge in [-0.2, -0.15) is 0 Å². The van der Waals surface area contributed by atoms with Crippen molar-refractivity contribution in [2.75, 3.05) is 13.2 Å². The van der Waals surface area contributed by atoms with Crippen molar-refractivity contribution >= 4 is 24.3 Å². The fraction of sp³-hybridized carbons (Fsp3) is 0.900. The van der Waals surface area contributed by atoms with Gasteiger partial charge in [-0.25, -0.2) is 4.79 Å². The van der Waals surface area contributed by atoms with Gasteiger partial charge in [0.25, 0.3) is 0 Å². The van der Waals surface area contributed by atoms with Crippen LogP contribution in [-0.4, -0.2) is 41.3 Å². The minimum atomic E-state index is -0.956. The summed E-state index contributed by atoms with van der Waals surface area (Å²) in [5, 5.41) is 19.3. The number of nitrogens with two attached hydrogens (primary N) is 1. The van der Waals surface area contributed by atoms with E-state index in [9.17, 15) is 9.59 Å². The maximum Gasteiger partial charge on any atom is 0.326 e. The lowest BCUT2D eigenvalue weighted by molar-refractivity contribution is -0.142. The number of amides is 1. The van der Waals surface area contributed by atoms with Crippen LogP contribution < -0.4 is 11.1 Å². The van der Waals surface area contributed by atoms with Crippen molar-refractivity contribution in [2.45, 2.75) is 103 Å². The van der Waals surface area contributed by atoms with E-state index >= 15 is 0 Å². The van der Waals surface area contributed by atoms with Crippen LogP contribution in [0.1, 0.15) is 97.3 Å². The zero-order valence-corrected chi connectivity index (χ0v) is 18.2. The molecule has 0 heterocycles. The number of carbonyl (C=O) groups is 2. The quantitative estimate of drug-likeness (QED) is 0.287. The summed E-state index contributed by atoms with van der Waals surface area (Å²) >= 11 is 0. The Bertz CT molecular complexity index is 331. The van der Waals surface area contributed by atoms with Crippen LogP contribution in [0.5, 0.6) is 0 Å². The standard InChI is InChI=1S/C18H36N2O3.C2H6O.ClH/c1-2-3-4-5-6-7-8-9-10-14-17(21)20-16(18(22)23)13-11-12-15-19;1-2-3;/h16H,2-15,19H2,1H3,(H,20,21)(H,22,23);3H,2H2,1H3;1H/t16-;;/m0../s1. The van der Waals surface area contributed by atoms with E-state index in [2.05, 4.69) is 12.2 Å². The van der Waals surface area contributed by atoms with Gasteiger partial charge < -0.3 is 21.3 Å². The Morgan fingerprint density at radius 2 is 1.37 bits per heavy atom. The second-order valence-electron chi connectivity index (χ2n) is 6.64. The molecule has 0 radical (unpaired) electrons. The number of aliphatic hydroxyl groups is 1. The van der Waals surface area contributed by atoms with Crippen molar-refractivity contribution in [1.29, 1.82) is 0 Å². The predicted octanol–water partition coefficient (Wildman–Crippen LogP) is 4.03. The first-order chi connectivity index (χ1) is 12.5. The molecule has 7 heteroatoms. The molecule has 5 N–H and O–H groups in total. The summed E-state index contributed by atoms with van der Waals surface area (Å²) in [7, 11) is 0. The molecule has 0 spiro atoms. The topological polar surface area (TPSA) is 113 Å². The Balaban J connectivity index is -0.00000134. The molecule has 0 rings (SSSR count). The Kier molecular flexibility index (Phi) is 28.7. The van der Waals surface area contributed by atoms with E-state index in [1.54, 1.807) is 6.92 Å². The lowest BCUT2D eigenvalue weighted by Crippen LogP contribution is -2.40. The van der Waals surface area contributed by atoms with Crippen LogP contribution in [0.15, 0.2) is 0 Å². The van der Waals surface area contributed by atoms with E-state index in [1.807, 2.05) is 0 Å². The molecular formula is C20H43ClN2O4. The average Bonchev–Trinajstić information content (AvgIpc) is 2.60. The van der Waals surface area contributed by atoms with E-state index < -0.39 is 12.0 Å². The van der Waals surface area contributed by atoms with Gasteiger partial charge >= 0.3 is 5.97 Å². The average molecular weight is 411 g/mol. The number of nitrogens with one attached hydrogen (secondary N) is 1. The zero-order chi connectivity index (χ0) is 20.0. The fourth-order valence-electron chi connectivity index (χ4n) is 2.61. The maximum absolute atomic E-state index is 11.8. The Morgan fingerprint density at radius 1 is 0.889 bits per heavy atom. The summed E-state index contributed by atoms with van der Waals surface area (Å²) < 4.78 is 0. The van der Waals surface area contributed by atoms with Crippen LogP contribution in [-0.2, 0) is 9.59 Å². The summed E-state index contributed by atoms with van der Waals surface area (Å²) in [6.45, 7) is 4.71. The smallest absolute Gasteiger partial charge is 0.326 e. The monoisotopic (exact) mass is 410 g/mol. The number of carboxylic acid groups (broad SMARTS) is 1. The highest BCUT2D eigenvalue weighted by Gasteiger charge is 2.18. The number of hydrogen-bond donors (Lipinski definition) is 4. The van der Waals surface area contributed by atoms with E-state index in [4.69, 9.17) is 15.9 Å². The SMILES string of the molecule is CCCCCCCCCCCC(=O)N[C@@H](CCCCN)C(=O)O.CCO.Cl. The molecule has 0 aliphatic carbocycles. The molecule has 27 heavy (non-hydrogen) atoms. The molecule has 0 unspecified atom stereocenters. The van der Waals surface area contributed by atoms with Crippen molar-refractivity contribution in [2.24, 2.45) is 5.73 Å². The normalized spacial score (nSPS) is 11.0. The Labute approximate surface area is 172 Å². The predicted molar refractivity (Wildman–Crippen MR) is 114 cm³/mol. The molecule has 0 aromatic carbocycles. The minimum Gasteiger partial charge on any atom is -0.480 e. The van der Waals surface area contributed by atoms with Gasteiger partial charge in [-0.1, -0.05) is 58.3 Å². The van der Waals surface area contributed by atoms with Gasteiger partial charge in [0, 0.05) is 13.0 Å². The molecule has 0 aromatic heterocycles. The third kappa shape index (κ3) is 25.2. The highest BCUT2D eigenvalue weighted by Crippen LogP contribution is 2.10. The number of unbranched alkanes of at least 4 members (excludes halogenated alkanes) is 9. The molecule has 0 saturated heterocycles. The Hall–Kier alpha value is -0.850. The molecule has 0 fully saturated rings. The highest BCUT2D eigenvalue weighted by atomic mass is 35.5. The van der Waals surface area contributed by atoms with E-state index in [1.165, 1.54) is 38.5 Å². The second-order valence-corrected chi connectivity index (χ2v) is 6.64. The van der Waals surface area contributed by atoms with Gasteiger partial charge in [-0.15, -0.1) is 12.4 Å². The van der Waals surface area contributed by atoms with Crippen LogP contribution in [0.4, 0.5) is 0 Å². The number of hydrogen-bond acceptors (Lipinski definition) is 4. The largest absolute Gasteiger partial charge is 0.480 e. The first-order valence-electron chi connectivity index (χ1n) is 10.4. The lowest BCUT2D eigenvalue weighted by atomic mass is 10.1. The van der Waals surface area contributed by atoms with Gasteiger partial charge in [-0.3, -0.25) is 4.79 Å². The second kappa shape index (κ2) is 25.1. The Morgan fingerprint density at radius 3 is 1.81 bits per heavy atom. The zero-order valence-electron chi connectivity index (χ0n) is 17.4. The number of aliphatic carboxylic acids is 1. The number of rotatable bonds is 16. The molecule has 0 aliphatic rings. The summed E-state index contributed by atoms with van der Waals surface area (Å²) in [5.41, 5.74) is 5.40. The lowest BCUT2D eigenvalue weighted by Gasteiger charge is -2.14. The van der Waals surface area contributed by atoms with Gasteiger partial charge in [0.05, 0.1) is 0 Å². The van der Waals surface area contributed by atoms with Gasteiger partial charge in [0.15, 0.2) is 0 Å². The number of halogens is 1. The van der Waals surface area contributed by atoms with Crippen molar-refractivity contribution in [3.05, 3.63) is 0 Å². The van der Waals surface area contributed by atoms with E-state index in [-0.39, 0.29) is 24.9 Å². The molecule has 0 aliphatic heterocycles. The summed E-state index contributed by atoms with van der Waals surface area (Å²) in [6, 6.07) is -0.771. The molecule has 0 aromatic rings. The van der Waals surface area contributed by atoms with Crippen LogP contribution in [0.2, 0.25) is 0 Å². The molecule has 164 valence electrons. The van der Waals surface area contributed by atoms with E-state index in [0.717, 1.165) is 32.1 Å². The summed E-state index contributed by atoms with van der Waals surface area (Å²) in [5.74, 6) is -1.10. The molecule has 6 nitrogen and oxygen atoms in total. The minimum absolute atomic E-state index is 0. The van der Waals surface area contributed by atoms with Crippen LogP contribution in [0.3, 0.4) is 0 Å². The highest BCUT2D eigenvalue weighted by molar-refractivity contribution is 5.85. The third-order valence-electron chi connectivity index (χ3n) is 4.09. The van der Waals surface area contributed by atoms with Gasteiger partial charge in [0.2, 0.25) is 5.91 Å². The van der Waals surface area contributed by atoms with Crippen LogP contribution >= 0.6 is 12.4 Å². The number of carboxylic acids is 1. The summed E-state index contributed by atoms with van der Waals surface area (Å²) in [6.07, 6.45) is 13.2. The molecule has 0 saturated carbocycles. The van der Waals surface area contributed by atoms with Crippen molar-refractivity contribution in [3.8, 4) is 0 Å². The first-order valence-corrected chi connectivity index (χ1v) is 10.4.